The van der Waals surface area contributed by atoms with Crippen LogP contribution in [0.4, 0.5) is 0 Å². The van der Waals surface area contributed by atoms with E-state index in [-0.39, 0.29) is 5.03 Å². The molecule has 2 rings (SSSR count). The van der Waals surface area contributed by atoms with Gasteiger partial charge in [0.15, 0.2) is 5.03 Å². The minimum Gasteiger partial charge on any atom is -0.336 e. The summed E-state index contributed by atoms with van der Waals surface area (Å²) in [6, 6.07) is 0. The van der Waals surface area contributed by atoms with E-state index in [0.717, 1.165) is 19.4 Å². The lowest BCUT2D eigenvalue weighted by Gasteiger charge is -2.29. The molecular formula is C11H20N4O2S. The standard InChI is InChI=1S/C11H20N4O2S/c1-2-14-8-11(13-9-14)18(16,17)15-5-3-10(7-12)4-6-15/h8-10H,2-7,12H2,1H3. The highest BCUT2D eigenvalue weighted by molar-refractivity contribution is 7.89. The maximum absolute atomic E-state index is 12.3. The van der Waals surface area contributed by atoms with Gasteiger partial charge in [0, 0.05) is 25.8 Å². The zero-order valence-corrected chi connectivity index (χ0v) is 11.4. The van der Waals surface area contributed by atoms with Crippen LogP contribution in [0.5, 0.6) is 0 Å². The fourth-order valence-corrected chi connectivity index (χ4v) is 3.57. The van der Waals surface area contributed by atoms with E-state index < -0.39 is 10.0 Å². The number of aryl methyl sites for hydroxylation is 1. The molecule has 0 aliphatic carbocycles. The number of hydrogen-bond acceptors (Lipinski definition) is 4. The lowest BCUT2D eigenvalue weighted by molar-refractivity contribution is 0.278. The van der Waals surface area contributed by atoms with Crippen molar-refractivity contribution in [1.29, 1.82) is 0 Å². The molecule has 1 aliphatic heterocycles. The Morgan fingerprint density at radius 2 is 2.11 bits per heavy atom. The Hall–Kier alpha value is -0.920. The summed E-state index contributed by atoms with van der Waals surface area (Å²) in [5.41, 5.74) is 5.61. The third-order valence-electron chi connectivity index (χ3n) is 3.49. The Bertz CT molecular complexity index is 489. The number of sulfonamides is 1. The van der Waals surface area contributed by atoms with Gasteiger partial charge >= 0.3 is 0 Å². The number of hydrogen-bond donors (Lipinski definition) is 1. The van der Waals surface area contributed by atoms with Crippen molar-refractivity contribution in [2.75, 3.05) is 19.6 Å². The van der Waals surface area contributed by atoms with E-state index in [0.29, 0.717) is 25.6 Å². The van der Waals surface area contributed by atoms with Crippen molar-refractivity contribution in [3.63, 3.8) is 0 Å². The average molecular weight is 272 g/mol. The van der Waals surface area contributed by atoms with E-state index in [1.807, 2.05) is 6.92 Å². The van der Waals surface area contributed by atoms with Crippen molar-refractivity contribution < 1.29 is 8.42 Å². The number of rotatable bonds is 4. The van der Waals surface area contributed by atoms with Crippen LogP contribution in [0.25, 0.3) is 0 Å². The Morgan fingerprint density at radius 1 is 1.44 bits per heavy atom. The van der Waals surface area contributed by atoms with Gasteiger partial charge < -0.3 is 10.3 Å². The van der Waals surface area contributed by atoms with Crippen LogP contribution in [0.1, 0.15) is 19.8 Å². The molecule has 1 fully saturated rings. The molecule has 2 N–H and O–H groups in total. The highest BCUT2D eigenvalue weighted by Crippen LogP contribution is 2.22. The van der Waals surface area contributed by atoms with E-state index in [9.17, 15) is 8.42 Å². The fraction of sp³-hybridized carbons (Fsp3) is 0.727. The van der Waals surface area contributed by atoms with Crippen molar-refractivity contribution in [2.24, 2.45) is 11.7 Å². The molecule has 2 heterocycles. The molecule has 0 radical (unpaired) electrons. The van der Waals surface area contributed by atoms with Crippen LogP contribution in [0.3, 0.4) is 0 Å². The predicted octanol–water partition coefficient (Wildman–Crippen LogP) is 0.262. The van der Waals surface area contributed by atoms with Crippen molar-refractivity contribution >= 4 is 10.0 Å². The van der Waals surface area contributed by atoms with Crippen LogP contribution in [0.15, 0.2) is 17.6 Å². The molecule has 6 nitrogen and oxygen atoms in total. The molecule has 0 amide bonds. The van der Waals surface area contributed by atoms with Crippen molar-refractivity contribution in [3.05, 3.63) is 12.5 Å². The van der Waals surface area contributed by atoms with Gasteiger partial charge in [-0.15, -0.1) is 0 Å². The lowest BCUT2D eigenvalue weighted by atomic mass is 9.99. The van der Waals surface area contributed by atoms with Gasteiger partial charge in [0.05, 0.1) is 6.33 Å². The van der Waals surface area contributed by atoms with Crippen LogP contribution < -0.4 is 5.73 Å². The van der Waals surface area contributed by atoms with Gasteiger partial charge in [0.1, 0.15) is 0 Å². The lowest BCUT2D eigenvalue weighted by Crippen LogP contribution is -2.40. The first-order chi connectivity index (χ1) is 8.57. The van der Waals surface area contributed by atoms with Gasteiger partial charge in [-0.25, -0.2) is 13.4 Å². The molecule has 1 aromatic rings. The summed E-state index contributed by atoms with van der Waals surface area (Å²) in [4.78, 5) is 3.98. The highest BCUT2D eigenvalue weighted by atomic mass is 32.2. The van der Waals surface area contributed by atoms with Gasteiger partial charge in [-0.2, -0.15) is 4.31 Å². The van der Waals surface area contributed by atoms with Crippen LogP contribution in [0.2, 0.25) is 0 Å². The molecule has 18 heavy (non-hydrogen) atoms. The van der Waals surface area contributed by atoms with E-state index in [1.54, 1.807) is 17.1 Å². The molecule has 102 valence electrons. The molecular weight excluding hydrogens is 252 g/mol. The number of nitrogens with two attached hydrogens (primary N) is 1. The second kappa shape index (κ2) is 5.38. The summed E-state index contributed by atoms with van der Waals surface area (Å²) in [7, 11) is -3.42. The van der Waals surface area contributed by atoms with Gasteiger partial charge in [-0.05, 0) is 32.2 Å². The molecule has 7 heteroatoms. The summed E-state index contributed by atoms with van der Waals surface area (Å²) < 4.78 is 27.9. The minimum atomic E-state index is -3.42. The summed E-state index contributed by atoms with van der Waals surface area (Å²) in [6.45, 7) is 4.40. The Kier molecular flexibility index (Phi) is 4.04. The number of nitrogens with zero attached hydrogens (tertiary/aromatic N) is 3. The van der Waals surface area contributed by atoms with E-state index >= 15 is 0 Å². The second-order valence-corrected chi connectivity index (χ2v) is 6.51. The first-order valence-electron chi connectivity index (χ1n) is 6.30. The predicted molar refractivity (Wildman–Crippen MR) is 68.4 cm³/mol. The zero-order chi connectivity index (χ0) is 13.2. The molecule has 0 saturated carbocycles. The van der Waals surface area contributed by atoms with E-state index in [2.05, 4.69) is 4.98 Å². The second-order valence-electron chi connectivity index (χ2n) is 4.63. The number of piperidine rings is 1. The maximum atomic E-state index is 12.3. The van der Waals surface area contributed by atoms with Gasteiger partial charge in [0.25, 0.3) is 10.0 Å². The first kappa shape index (κ1) is 13.5. The summed E-state index contributed by atoms with van der Waals surface area (Å²) in [5, 5.41) is 0.149. The smallest absolute Gasteiger partial charge is 0.262 e. The topological polar surface area (TPSA) is 81.2 Å². The van der Waals surface area contributed by atoms with Crippen LogP contribution >= 0.6 is 0 Å². The first-order valence-corrected chi connectivity index (χ1v) is 7.74. The molecule has 0 atom stereocenters. The summed E-state index contributed by atoms with van der Waals surface area (Å²) in [6.07, 6.45) is 4.82. The van der Waals surface area contributed by atoms with Crippen LogP contribution in [0, 0.1) is 5.92 Å². The van der Waals surface area contributed by atoms with Crippen LogP contribution in [-0.4, -0.2) is 41.9 Å². The fourth-order valence-electron chi connectivity index (χ4n) is 2.16. The monoisotopic (exact) mass is 272 g/mol. The van der Waals surface area contributed by atoms with E-state index in [1.165, 1.54) is 4.31 Å². The molecule has 0 unspecified atom stereocenters. The van der Waals surface area contributed by atoms with Crippen LogP contribution in [-0.2, 0) is 16.6 Å². The molecule has 0 aromatic carbocycles. The molecule has 1 aromatic heterocycles. The summed E-state index contributed by atoms with van der Waals surface area (Å²) in [5.74, 6) is 0.449. The highest BCUT2D eigenvalue weighted by Gasteiger charge is 2.30. The molecule has 0 spiro atoms. The largest absolute Gasteiger partial charge is 0.336 e. The maximum Gasteiger partial charge on any atom is 0.262 e. The number of aromatic nitrogens is 2. The molecule has 1 saturated heterocycles. The zero-order valence-electron chi connectivity index (χ0n) is 10.6. The third-order valence-corrected chi connectivity index (χ3v) is 5.27. The summed E-state index contributed by atoms with van der Waals surface area (Å²) >= 11 is 0. The van der Waals surface area contributed by atoms with Crippen molar-refractivity contribution in [1.82, 2.24) is 13.9 Å². The normalized spacial score (nSPS) is 19.2. The SMILES string of the molecule is CCn1cnc(S(=O)(=O)N2CCC(CN)CC2)c1. The Balaban J connectivity index is 2.12. The Labute approximate surface area is 108 Å². The average Bonchev–Trinajstić information content (AvgIpc) is 2.88. The quantitative estimate of drug-likeness (QED) is 0.852. The third kappa shape index (κ3) is 2.57. The molecule has 1 aliphatic rings. The van der Waals surface area contributed by atoms with E-state index in [4.69, 9.17) is 5.73 Å². The molecule has 0 bridgehead atoms. The van der Waals surface area contributed by atoms with Gasteiger partial charge in [-0.1, -0.05) is 0 Å². The Morgan fingerprint density at radius 3 is 2.61 bits per heavy atom. The van der Waals surface area contributed by atoms with Crippen molar-refractivity contribution in [2.45, 2.75) is 31.3 Å². The number of imidazole rings is 1. The minimum absolute atomic E-state index is 0.149. The van der Waals surface area contributed by atoms with Gasteiger partial charge in [0.2, 0.25) is 0 Å². The van der Waals surface area contributed by atoms with Crippen molar-refractivity contribution in [3.8, 4) is 0 Å². The van der Waals surface area contributed by atoms with Gasteiger partial charge in [-0.3, -0.25) is 0 Å².